The number of ether oxygens (including phenoxy) is 1. The van der Waals surface area contributed by atoms with Crippen LogP contribution in [-0.2, 0) is 20.5 Å². The molecule has 2 aliphatic rings. The lowest BCUT2D eigenvalue weighted by Gasteiger charge is -2.35. The summed E-state index contributed by atoms with van der Waals surface area (Å²) in [7, 11) is 0. The molecular formula is C19H24F3N3O3. The summed E-state index contributed by atoms with van der Waals surface area (Å²) in [5.74, 6) is -0.255. The van der Waals surface area contributed by atoms with Crippen molar-refractivity contribution in [2.24, 2.45) is 5.92 Å². The molecule has 9 heteroatoms. The first kappa shape index (κ1) is 20.6. The molecule has 3 rings (SSSR count). The zero-order valence-electron chi connectivity index (χ0n) is 15.5. The number of anilines is 1. The molecule has 0 unspecified atom stereocenters. The Balaban J connectivity index is 1.45. The molecule has 1 aromatic rings. The minimum atomic E-state index is -4.45. The van der Waals surface area contributed by atoms with Gasteiger partial charge in [0.15, 0.2) is 0 Å². The number of carbonyl (C=O) groups is 2. The quantitative estimate of drug-likeness (QED) is 0.844. The third-order valence-corrected chi connectivity index (χ3v) is 5.10. The molecule has 2 aliphatic heterocycles. The Morgan fingerprint density at radius 3 is 2.43 bits per heavy atom. The summed E-state index contributed by atoms with van der Waals surface area (Å²) < 4.78 is 43.5. The van der Waals surface area contributed by atoms with Crippen molar-refractivity contribution in [2.75, 3.05) is 51.3 Å². The third kappa shape index (κ3) is 5.45. The predicted molar refractivity (Wildman–Crippen MR) is 96.6 cm³/mol. The van der Waals surface area contributed by atoms with Crippen LogP contribution in [0.2, 0.25) is 0 Å². The molecule has 6 nitrogen and oxygen atoms in total. The van der Waals surface area contributed by atoms with Gasteiger partial charge in [-0.25, -0.2) is 0 Å². The standard InChI is InChI=1S/C19H24F3N3O3/c20-19(21,22)15-2-1-3-16(12-15)23-17(26)13-24-6-4-14(5-7-24)18(27)25-8-10-28-11-9-25/h1-3,12,14H,4-11,13H2,(H,23,26). The maximum atomic E-state index is 12.8. The van der Waals surface area contributed by atoms with E-state index in [1.54, 1.807) is 0 Å². The lowest BCUT2D eigenvalue weighted by Crippen LogP contribution is -2.47. The molecule has 0 aliphatic carbocycles. The molecule has 0 saturated carbocycles. The van der Waals surface area contributed by atoms with Gasteiger partial charge in [0.25, 0.3) is 0 Å². The van der Waals surface area contributed by atoms with Crippen molar-refractivity contribution < 1.29 is 27.5 Å². The van der Waals surface area contributed by atoms with Gasteiger partial charge in [-0.05, 0) is 44.1 Å². The van der Waals surface area contributed by atoms with Gasteiger partial charge in [0.2, 0.25) is 11.8 Å². The topological polar surface area (TPSA) is 61.9 Å². The number of hydrogen-bond donors (Lipinski definition) is 1. The van der Waals surface area contributed by atoms with Crippen molar-refractivity contribution in [2.45, 2.75) is 19.0 Å². The second kappa shape index (κ2) is 8.91. The van der Waals surface area contributed by atoms with Gasteiger partial charge in [0.1, 0.15) is 0 Å². The van der Waals surface area contributed by atoms with Gasteiger partial charge in [-0.2, -0.15) is 13.2 Å². The van der Waals surface area contributed by atoms with Crippen LogP contribution in [-0.4, -0.2) is 67.6 Å². The normalized spacial score (nSPS) is 19.5. The van der Waals surface area contributed by atoms with Crippen molar-refractivity contribution in [3.8, 4) is 0 Å². The summed E-state index contributed by atoms with van der Waals surface area (Å²) in [6.45, 7) is 3.69. The fraction of sp³-hybridized carbons (Fsp3) is 0.579. The molecule has 2 saturated heterocycles. The summed E-state index contributed by atoms with van der Waals surface area (Å²) in [4.78, 5) is 28.5. The number of hydrogen-bond acceptors (Lipinski definition) is 4. The monoisotopic (exact) mass is 399 g/mol. The minimum Gasteiger partial charge on any atom is -0.378 e. The van der Waals surface area contributed by atoms with E-state index in [-0.39, 0.29) is 30.0 Å². The zero-order chi connectivity index (χ0) is 20.1. The highest BCUT2D eigenvalue weighted by Crippen LogP contribution is 2.30. The van der Waals surface area contributed by atoms with Crippen molar-refractivity contribution in [3.05, 3.63) is 29.8 Å². The van der Waals surface area contributed by atoms with Crippen molar-refractivity contribution in [1.29, 1.82) is 0 Å². The van der Waals surface area contributed by atoms with Gasteiger partial charge in [-0.3, -0.25) is 14.5 Å². The average Bonchev–Trinajstić information content (AvgIpc) is 2.68. The molecule has 2 fully saturated rings. The summed E-state index contributed by atoms with van der Waals surface area (Å²) in [6, 6.07) is 4.58. The van der Waals surface area contributed by atoms with Crippen LogP contribution in [0.25, 0.3) is 0 Å². The lowest BCUT2D eigenvalue weighted by atomic mass is 9.95. The first-order valence-electron chi connectivity index (χ1n) is 9.39. The molecule has 0 bridgehead atoms. The van der Waals surface area contributed by atoms with Gasteiger partial charge in [0, 0.05) is 24.7 Å². The summed E-state index contributed by atoms with van der Waals surface area (Å²) >= 11 is 0. The first-order valence-corrected chi connectivity index (χ1v) is 9.39. The Bertz CT molecular complexity index is 697. The van der Waals surface area contributed by atoms with Gasteiger partial charge < -0.3 is 15.0 Å². The van der Waals surface area contributed by atoms with Crippen LogP contribution in [0.4, 0.5) is 18.9 Å². The van der Waals surface area contributed by atoms with Crippen molar-refractivity contribution in [1.82, 2.24) is 9.80 Å². The Kier molecular flexibility index (Phi) is 6.56. The van der Waals surface area contributed by atoms with E-state index in [1.165, 1.54) is 12.1 Å². The molecule has 1 N–H and O–H groups in total. The largest absolute Gasteiger partial charge is 0.416 e. The predicted octanol–water partition coefficient (Wildman–Crippen LogP) is 2.21. The second-order valence-electron chi connectivity index (χ2n) is 7.11. The van der Waals surface area contributed by atoms with Crippen LogP contribution in [0.15, 0.2) is 24.3 Å². The molecule has 0 radical (unpaired) electrons. The molecule has 28 heavy (non-hydrogen) atoms. The molecule has 1 aromatic carbocycles. The number of amides is 2. The number of nitrogens with one attached hydrogen (secondary N) is 1. The van der Waals surface area contributed by atoms with Crippen LogP contribution in [0.3, 0.4) is 0 Å². The smallest absolute Gasteiger partial charge is 0.378 e. The number of piperidine rings is 1. The molecule has 0 spiro atoms. The maximum absolute atomic E-state index is 12.8. The number of alkyl halides is 3. The first-order chi connectivity index (χ1) is 13.3. The van der Waals surface area contributed by atoms with Gasteiger partial charge in [-0.15, -0.1) is 0 Å². The van der Waals surface area contributed by atoms with E-state index in [2.05, 4.69) is 5.32 Å². The van der Waals surface area contributed by atoms with Crippen LogP contribution < -0.4 is 5.32 Å². The molecule has 2 amide bonds. The van der Waals surface area contributed by atoms with E-state index in [1.807, 2.05) is 9.80 Å². The Labute approximate surface area is 161 Å². The highest BCUT2D eigenvalue weighted by Gasteiger charge is 2.31. The molecule has 2 heterocycles. The van der Waals surface area contributed by atoms with Crippen molar-refractivity contribution >= 4 is 17.5 Å². The number of morpholine rings is 1. The van der Waals surface area contributed by atoms with E-state index in [4.69, 9.17) is 4.74 Å². The minimum absolute atomic E-state index is 0.0409. The fourth-order valence-electron chi connectivity index (χ4n) is 3.56. The maximum Gasteiger partial charge on any atom is 0.416 e. The van der Waals surface area contributed by atoms with E-state index in [0.29, 0.717) is 52.2 Å². The average molecular weight is 399 g/mol. The summed E-state index contributed by atoms with van der Waals surface area (Å²) in [5.41, 5.74) is -0.676. The Hall–Kier alpha value is -2.13. The molecule has 0 atom stereocenters. The number of halogens is 3. The zero-order valence-corrected chi connectivity index (χ0v) is 15.5. The van der Waals surface area contributed by atoms with Crippen LogP contribution in [0.1, 0.15) is 18.4 Å². The van der Waals surface area contributed by atoms with Gasteiger partial charge in [0.05, 0.1) is 25.3 Å². The van der Waals surface area contributed by atoms with Crippen molar-refractivity contribution in [3.63, 3.8) is 0 Å². The molecular weight excluding hydrogens is 375 g/mol. The van der Waals surface area contributed by atoms with E-state index in [0.717, 1.165) is 12.1 Å². The van der Waals surface area contributed by atoms with Crippen LogP contribution >= 0.6 is 0 Å². The number of benzene rings is 1. The van der Waals surface area contributed by atoms with E-state index < -0.39 is 11.7 Å². The SMILES string of the molecule is O=C(CN1CCC(C(=O)N2CCOCC2)CC1)Nc1cccc(C(F)(F)F)c1. The molecule has 0 aromatic heterocycles. The number of likely N-dealkylation sites (tertiary alicyclic amines) is 1. The van der Waals surface area contributed by atoms with Crippen LogP contribution in [0, 0.1) is 5.92 Å². The highest BCUT2D eigenvalue weighted by atomic mass is 19.4. The van der Waals surface area contributed by atoms with Gasteiger partial charge in [-0.1, -0.05) is 6.07 Å². The summed E-state index contributed by atoms with van der Waals surface area (Å²) in [5, 5.41) is 2.52. The van der Waals surface area contributed by atoms with E-state index in [9.17, 15) is 22.8 Å². The number of rotatable bonds is 4. The Morgan fingerprint density at radius 2 is 1.79 bits per heavy atom. The van der Waals surface area contributed by atoms with E-state index >= 15 is 0 Å². The molecule has 154 valence electrons. The third-order valence-electron chi connectivity index (χ3n) is 5.10. The van der Waals surface area contributed by atoms with Gasteiger partial charge >= 0.3 is 6.18 Å². The summed E-state index contributed by atoms with van der Waals surface area (Å²) in [6.07, 6.45) is -3.10. The Morgan fingerprint density at radius 1 is 1.11 bits per heavy atom. The number of nitrogens with zero attached hydrogens (tertiary/aromatic N) is 2. The number of carbonyl (C=O) groups excluding carboxylic acids is 2. The second-order valence-corrected chi connectivity index (χ2v) is 7.11. The fourth-order valence-corrected chi connectivity index (χ4v) is 3.56. The highest BCUT2D eigenvalue weighted by molar-refractivity contribution is 5.92. The van der Waals surface area contributed by atoms with Crippen LogP contribution in [0.5, 0.6) is 0 Å². The lowest BCUT2D eigenvalue weighted by molar-refractivity contribution is -0.141.